The number of oxazole rings is 1. The van der Waals surface area contributed by atoms with Gasteiger partial charge in [0.2, 0.25) is 5.89 Å². The van der Waals surface area contributed by atoms with E-state index in [0.717, 1.165) is 33.4 Å². The monoisotopic (exact) mass is 311 g/mol. The molecule has 22 heavy (non-hydrogen) atoms. The average molecular weight is 311 g/mol. The Kier molecular flexibility index (Phi) is 3.07. The lowest BCUT2D eigenvalue weighted by Crippen LogP contribution is -1.98. The molecule has 0 unspecified atom stereocenters. The molecular formula is C15H13N5OS. The van der Waals surface area contributed by atoms with Gasteiger partial charge in [0.1, 0.15) is 11.3 Å². The zero-order chi connectivity index (χ0) is 15.1. The second-order valence-electron chi connectivity index (χ2n) is 4.98. The zero-order valence-electron chi connectivity index (χ0n) is 12.1. The molecule has 0 aliphatic heterocycles. The number of aryl methyl sites for hydroxylation is 2. The maximum atomic E-state index is 5.72. The van der Waals surface area contributed by atoms with Crippen LogP contribution in [0.25, 0.3) is 16.7 Å². The second kappa shape index (κ2) is 5.10. The summed E-state index contributed by atoms with van der Waals surface area (Å²) in [6, 6.07) is 9.67. The third kappa shape index (κ3) is 2.23. The summed E-state index contributed by atoms with van der Waals surface area (Å²) in [6.07, 6.45) is 0. The van der Waals surface area contributed by atoms with Gasteiger partial charge >= 0.3 is 0 Å². The maximum absolute atomic E-state index is 5.72. The number of aromatic nitrogens is 5. The van der Waals surface area contributed by atoms with Gasteiger partial charge in [-0.1, -0.05) is 23.9 Å². The van der Waals surface area contributed by atoms with Crippen LogP contribution in [-0.4, -0.2) is 24.6 Å². The quantitative estimate of drug-likeness (QED) is 0.541. The number of benzene rings is 1. The minimum atomic E-state index is 0.600. The fraction of sp³-hybridized carbons (Fsp3) is 0.200. The molecule has 4 rings (SSSR count). The smallest absolute Gasteiger partial charge is 0.205 e. The first kappa shape index (κ1) is 13.3. The van der Waals surface area contributed by atoms with Crippen LogP contribution in [-0.2, 0) is 5.75 Å². The van der Waals surface area contributed by atoms with Crippen molar-refractivity contribution in [2.45, 2.75) is 24.8 Å². The first-order valence-electron chi connectivity index (χ1n) is 6.87. The third-order valence-electron chi connectivity index (χ3n) is 3.32. The van der Waals surface area contributed by atoms with E-state index in [9.17, 15) is 0 Å². The topological polar surface area (TPSA) is 69.1 Å². The van der Waals surface area contributed by atoms with E-state index in [-0.39, 0.29) is 0 Å². The van der Waals surface area contributed by atoms with Crippen LogP contribution >= 0.6 is 11.8 Å². The first-order chi connectivity index (χ1) is 10.7. The van der Waals surface area contributed by atoms with Gasteiger partial charge in [0.25, 0.3) is 0 Å². The number of hydrogen-bond donors (Lipinski definition) is 0. The van der Waals surface area contributed by atoms with E-state index in [1.807, 2.05) is 48.6 Å². The van der Waals surface area contributed by atoms with Gasteiger partial charge in [-0.15, -0.1) is 10.2 Å². The van der Waals surface area contributed by atoms with Gasteiger partial charge in [0, 0.05) is 11.8 Å². The minimum Gasteiger partial charge on any atom is -0.440 e. The summed E-state index contributed by atoms with van der Waals surface area (Å²) >= 11 is 1.54. The van der Waals surface area contributed by atoms with Gasteiger partial charge in [0.05, 0.1) is 5.75 Å². The molecule has 0 fully saturated rings. The number of para-hydroxylation sites is 2. The summed E-state index contributed by atoms with van der Waals surface area (Å²) in [5, 5.41) is 9.22. The first-order valence-corrected chi connectivity index (χ1v) is 7.86. The SMILES string of the molecule is Cc1cc2nnc(SCc3nc4ccccc4o3)n2c(C)n1. The van der Waals surface area contributed by atoms with Crippen LogP contribution in [0.3, 0.4) is 0 Å². The fourth-order valence-corrected chi connectivity index (χ4v) is 3.23. The van der Waals surface area contributed by atoms with Crippen molar-refractivity contribution in [2.24, 2.45) is 0 Å². The average Bonchev–Trinajstić information content (AvgIpc) is 3.08. The molecule has 0 aliphatic rings. The van der Waals surface area contributed by atoms with Crippen molar-refractivity contribution < 1.29 is 4.42 Å². The van der Waals surface area contributed by atoms with E-state index < -0.39 is 0 Å². The highest BCUT2D eigenvalue weighted by molar-refractivity contribution is 7.98. The Labute approximate surface area is 130 Å². The minimum absolute atomic E-state index is 0.600. The molecule has 0 atom stereocenters. The Balaban J connectivity index is 1.64. The number of nitrogens with zero attached hydrogens (tertiary/aromatic N) is 5. The predicted octanol–water partition coefficient (Wildman–Crippen LogP) is 3.17. The van der Waals surface area contributed by atoms with E-state index in [1.165, 1.54) is 11.8 Å². The van der Waals surface area contributed by atoms with Crippen LogP contribution in [0.5, 0.6) is 0 Å². The van der Waals surface area contributed by atoms with E-state index in [1.54, 1.807) is 0 Å². The van der Waals surface area contributed by atoms with Gasteiger partial charge in [-0.25, -0.2) is 9.97 Å². The number of rotatable bonds is 3. The molecule has 0 N–H and O–H groups in total. The molecule has 1 aromatic carbocycles. The molecule has 0 aliphatic carbocycles. The van der Waals surface area contributed by atoms with Gasteiger partial charge < -0.3 is 4.42 Å². The molecule has 0 saturated heterocycles. The van der Waals surface area contributed by atoms with Gasteiger partial charge in [-0.3, -0.25) is 4.40 Å². The van der Waals surface area contributed by atoms with Crippen molar-refractivity contribution >= 4 is 28.5 Å². The summed E-state index contributed by atoms with van der Waals surface area (Å²) < 4.78 is 7.67. The largest absolute Gasteiger partial charge is 0.440 e. The molecule has 110 valence electrons. The molecule has 4 aromatic rings. The van der Waals surface area contributed by atoms with Crippen LogP contribution in [0.15, 0.2) is 39.9 Å². The highest BCUT2D eigenvalue weighted by atomic mass is 32.2. The van der Waals surface area contributed by atoms with Crippen LogP contribution in [0.1, 0.15) is 17.4 Å². The van der Waals surface area contributed by atoms with E-state index in [0.29, 0.717) is 11.6 Å². The van der Waals surface area contributed by atoms with Crippen molar-refractivity contribution in [1.29, 1.82) is 0 Å². The van der Waals surface area contributed by atoms with Crippen molar-refractivity contribution in [1.82, 2.24) is 24.6 Å². The molecule has 3 aromatic heterocycles. The normalized spacial score (nSPS) is 11.5. The standard InChI is InChI=1S/C15H13N5OS/c1-9-7-13-18-19-15(20(13)10(2)16-9)22-8-14-17-11-5-3-4-6-12(11)21-14/h3-7H,8H2,1-2H3. The molecule has 3 heterocycles. The van der Waals surface area contributed by atoms with E-state index >= 15 is 0 Å². The zero-order valence-corrected chi connectivity index (χ0v) is 13.0. The molecule has 7 heteroatoms. The van der Waals surface area contributed by atoms with Crippen LogP contribution in [0.2, 0.25) is 0 Å². The van der Waals surface area contributed by atoms with E-state index in [2.05, 4.69) is 20.2 Å². The molecule has 0 radical (unpaired) electrons. The summed E-state index contributed by atoms with van der Waals surface area (Å²) in [5.74, 6) is 2.16. The Bertz CT molecular complexity index is 942. The van der Waals surface area contributed by atoms with Crippen LogP contribution < -0.4 is 0 Å². The Morgan fingerprint density at radius 1 is 1.14 bits per heavy atom. The fourth-order valence-electron chi connectivity index (χ4n) is 2.40. The van der Waals surface area contributed by atoms with Crippen molar-refractivity contribution in [3.05, 3.63) is 47.7 Å². The molecule has 0 spiro atoms. The number of thioether (sulfide) groups is 1. The second-order valence-corrected chi connectivity index (χ2v) is 5.93. The summed E-state index contributed by atoms with van der Waals surface area (Å²) in [7, 11) is 0. The predicted molar refractivity (Wildman–Crippen MR) is 83.8 cm³/mol. The Hall–Kier alpha value is -2.41. The molecule has 0 bridgehead atoms. The van der Waals surface area contributed by atoms with Crippen molar-refractivity contribution in [3.63, 3.8) is 0 Å². The lowest BCUT2D eigenvalue weighted by Gasteiger charge is -2.02. The molecule has 0 amide bonds. The lowest BCUT2D eigenvalue weighted by atomic mass is 10.3. The van der Waals surface area contributed by atoms with Crippen LogP contribution in [0.4, 0.5) is 0 Å². The van der Waals surface area contributed by atoms with Gasteiger partial charge in [-0.2, -0.15) is 0 Å². The highest BCUT2D eigenvalue weighted by Gasteiger charge is 2.12. The Morgan fingerprint density at radius 3 is 2.86 bits per heavy atom. The third-order valence-corrected chi connectivity index (χ3v) is 4.23. The summed E-state index contributed by atoms with van der Waals surface area (Å²) in [6.45, 7) is 3.90. The van der Waals surface area contributed by atoms with E-state index in [4.69, 9.17) is 4.42 Å². The lowest BCUT2D eigenvalue weighted by molar-refractivity contribution is 0.556. The van der Waals surface area contributed by atoms with Gasteiger partial charge in [-0.05, 0) is 26.0 Å². The summed E-state index contributed by atoms with van der Waals surface area (Å²) in [5.41, 5.74) is 3.42. The van der Waals surface area contributed by atoms with Crippen LogP contribution in [0, 0.1) is 13.8 Å². The van der Waals surface area contributed by atoms with Gasteiger partial charge in [0.15, 0.2) is 16.4 Å². The molecule has 6 nitrogen and oxygen atoms in total. The molecular weight excluding hydrogens is 298 g/mol. The Morgan fingerprint density at radius 2 is 2.00 bits per heavy atom. The van der Waals surface area contributed by atoms with Crippen molar-refractivity contribution in [2.75, 3.05) is 0 Å². The molecule has 0 saturated carbocycles. The maximum Gasteiger partial charge on any atom is 0.205 e. The number of hydrogen-bond acceptors (Lipinski definition) is 6. The number of fused-ring (bicyclic) bond motifs is 2. The van der Waals surface area contributed by atoms with Crippen molar-refractivity contribution in [3.8, 4) is 0 Å². The summed E-state index contributed by atoms with van der Waals surface area (Å²) in [4.78, 5) is 8.92. The highest BCUT2D eigenvalue weighted by Crippen LogP contribution is 2.24.